The molecule has 0 saturated heterocycles. The number of nitrogens with two attached hydrogens (primary N) is 1. The molecule has 0 spiro atoms. The van der Waals surface area contributed by atoms with Crippen LogP contribution >= 0.6 is 0 Å². The molecular formula is C24H34N3O4+. The first kappa shape index (κ1) is 23.2. The van der Waals surface area contributed by atoms with Gasteiger partial charge in [0, 0.05) is 25.7 Å². The predicted molar refractivity (Wildman–Crippen MR) is 122 cm³/mol. The zero-order valence-corrected chi connectivity index (χ0v) is 18.4. The van der Waals surface area contributed by atoms with Gasteiger partial charge in [0.15, 0.2) is 18.9 Å². The molecule has 31 heavy (non-hydrogen) atoms. The number of anilines is 1. The van der Waals surface area contributed by atoms with E-state index in [1.165, 1.54) is 0 Å². The highest BCUT2D eigenvalue weighted by molar-refractivity contribution is 5.72. The second kappa shape index (κ2) is 13.1. The second-order valence-corrected chi connectivity index (χ2v) is 7.33. The molecule has 0 saturated carbocycles. The van der Waals surface area contributed by atoms with Crippen LogP contribution in [0.3, 0.4) is 0 Å². The SMILES string of the molecule is CN1CCOCCOCCOCCOc2cc(C=Cc3cc[n+](CCN)cc3)ccc21. The lowest BCUT2D eigenvalue weighted by Crippen LogP contribution is -2.36. The first-order chi connectivity index (χ1) is 15.3. The Morgan fingerprint density at radius 3 is 2.23 bits per heavy atom. The zero-order valence-electron chi connectivity index (χ0n) is 18.4. The molecule has 1 aliphatic heterocycles. The number of nitrogens with zero attached hydrogens (tertiary/aromatic N) is 2. The van der Waals surface area contributed by atoms with E-state index in [1.807, 2.05) is 19.4 Å². The summed E-state index contributed by atoms with van der Waals surface area (Å²) in [5, 5.41) is 0. The van der Waals surface area contributed by atoms with Crippen molar-refractivity contribution in [3.8, 4) is 5.75 Å². The number of aromatic nitrogens is 1. The quantitative estimate of drug-likeness (QED) is 0.751. The minimum Gasteiger partial charge on any atom is -0.489 e. The fourth-order valence-electron chi connectivity index (χ4n) is 3.21. The molecule has 1 aromatic heterocycles. The van der Waals surface area contributed by atoms with Crippen molar-refractivity contribution in [3.05, 3.63) is 53.9 Å². The standard InChI is InChI=1S/C24H34N3O4/c1-26-12-13-28-14-15-29-16-17-30-18-19-31-24-20-22(4-5-23(24)26)3-2-21-6-9-27(10-7-21)11-8-25/h2-7,9-10,20H,8,11-19,25H2,1H3/q+1. The summed E-state index contributed by atoms with van der Waals surface area (Å²) in [6, 6.07) is 10.4. The lowest BCUT2D eigenvalue weighted by Gasteiger charge is -2.22. The average Bonchev–Trinajstić information content (AvgIpc) is 2.79. The van der Waals surface area contributed by atoms with Crippen LogP contribution in [-0.4, -0.2) is 66.4 Å². The maximum Gasteiger partial charge on any atom is 0.169 e. The van der Waals surface area contributed by atoms with Crippen molar-refractivity contribution in [1.82, 2.24) is 0 Å². The van der Waals surface area contributed by atoms with Gasteiger partial charge in [-0.1, -0.05) is 18.2 Å². The number of ether oxygens (including phenoxy) is 4. The van der Waals surface area contributed by atoms with E-state index in [1.54, 1.807) is 0 Å². The van der Waals surface area contributed by atoms with Crippen LogP contribution in [0, 0.1) is 0 Å². The van der Waals surface area contributed by atoms with Crippen LogP contribution < -0.4 is 19.9 Å². The van der Waals surface area contributed by atoms with Gasteiger partial charge in [-0.25, -0.2) is 4.57 Å². The fourth-order valence-corrected chi connectivity index (χ4v) is 3.21. The molecule has 7 heteroatoms. The Bertz CT molecular complexity index is 811. The highest BCUT2D eigenvalue weighted by atomic mass is 16.6. The van der Waals surface area contributed by atoms with Crippen LogP contribution in [0.25, 0.3) is 12.2 Å². The third-order valence-electron chi connectivity index (χ3n) is 4.97. The van der Waals surface area contributed by atoms with Crippen LogP contribution in [0.15, 0.2) is 42.7 Å². The van der Waals surface area contributed by atoms with Crippen molar-refractivity contribution in [2.45, 2.75) is 6.54 Å². The Morgan fingerprint density at radius 1 is 0.871 bits per heavy atom. The van der Waals surface area contributed by atoms with Crippen LogP contribution in [0.4, 0.5) is 5.69 Å². The summed E-state index contributed by atoms with van der Waals surface area (Å²) >= 11 is 0. The Labute approximate surface area is 185 Å². The number of benzene rings is 1. The molecule has 1 aromatic carbocycles. The summed E-state index contributed by atoms with van der Waals surface area (Å²) in [7, 11) is 2.05. The van der Waals surface area contributed by atoms with Crippen LogP contribution in [-0.2, 0) is 20.8 Å². The molecule has 3 rings (SSSR count). The van der Waals surface area contributed by atoms with E-state index in [0.717, 1.165) is 35.7 Å². The summed E-state index contributed by atoms with van der Waals surface area (Å²) in [6.07, 6.45) is 8.28. The van der Waals surface area contributed by atoms with Gasteiger partial charge in [0.1, 0.15) is 12.4 Å². The Morgan fingerprint density at radius 2 is 1.52 bits per heavy atom. The van der Waals surface area contributed by atoms with Crippen LogP contribution in [0.2, 0.25) is 0 Å². The van der Waals surface area contributed by atoms with Gasteiger partial charge in [0.05, 0.1) is 51.9 Å². The van der Waals surface area contributed by atoms with E-state index in [0.29, 0.717) is 52.8 Å². The maximum atomic E-state index is 6.07. The fraction of sp³-hybridized carbons (Fsp3) is 0.458. The van der Waals surface area contributed by atoms with Crippen molar-refractivity contribution >= 4 is 17.8 Å². The van der Waals surface area contributed by atoms with Gasteiger partial charge in [0.25, 0.3) is 0 Å². The van der Waals surface area contributed by atoms with Crippen molar-refractivity contribution < 1.29 is 23.5 Å². The van der Waals surface area contributed by atoms with E-state index < -0.39 is 0 Å². The number of rotatable bonds is 4. The molecule has 0 fully saturated rings. The van der Waals surface area contributed by atoms with Gasteiger partial charge < -0.3 is 29.6 Å². The van der Waals surface area contributed by atoms with E-state index in [2.05, 4.69) is 52.0 Å². The molecule has 0 bridgehead atoms. The lowest BCUT2D eigenvalue weighted by molar-refractivity contribution is -0.694. The van der Waals surface area contributed by atoms with E-state index >= 15 is 0 Å². The number of pyridine rings is 1. The average molecular weight is 429 g/mol. The molecule has 0 radical (unpaired) electrons. The smallest absolute Gasteiger partial charge is 0.169 e. The van der Waals surface area contributed by atoms with Gasteiger partial charge in [-0.2, -0.15) is 0 Å². The maximum absolute atomic E-state index is 6.07. The first-order valence-electron chi connectivity index (χ1n) is 10.8. The Kier molecular flexibility index (Phi) is 9.79. The number of fused-ring (bicyclic) bond motifs is 1. The van der Waals surface area contributed by atoms with Crippen molar-refractivity contribution in [1.29, 1.82) is 0 Å². The van der Waals surface area contributed by atoms with Gasteiger partial charge >= 0.3 is 0 Å². The summed E-state index contributed by atoms with van der Waals surface area (Å²) in [5.74, 6) is 0.841. The van der Waals surface area contributed by atoms with Gasteiger partial charge in [-0.05, 0) is 23.3 Å². The molecule has 2 aromatic rings. The first-order valence-corrected chi connectivity index (χ1v) is 10.8. The van der Waals surface area contributed by atoms with Crippen molar-refractivity contribution in [3.63, 3.8) is 0 Å². The molecule has 2 N–H and O–H groups in total. The minimum absolute atomic E-state index is 0.490. The normalized spacial score (nSPS) is 16.9. The summed E-state index contributed by atoms with van der Waals surface area (Å²) in [6.45, 7) is 6.18. The zero-order chi connectivity index (χ0) is 21.7. The minimum atomic E-state index is 0.490. The highest BCUT2D eigenvalue weighted by Gasteiger charge is 2.10. The Balaban J connectivity index is 1.71. The third-order valence-corrected chi connectivity index (χ3v) is 4.97. The monoisotopic (exact) mass is 428 g/mol. The second-order valence-electron chi connectivity index (χ2n) is 7.33. The molecule has 0 atom stereocenters. The number of hydrogen-bond acceptors (Lipinski definition) is 6. The third kappa shape index (κ3) is 7.95. The molecule has 0 unspecified atom stereocenters. The van der Waals surface area contributed by atoms with Gasteiger partial charge in [-0.3, -0.25) is 0 Å². The molecule has 2 heterocycles. The number of likely N-dealkylation sites (N-methyl/N-ethyl adjacent to an activating group) is 1. The van der Waals surface area contributed by atoms with Crippen molar-refractivity contribution in [2.75, 3.05) is 71.3 Å². The topological polar surface area (TPSA) is 70.1 Å². The molecule has 0 aliphatic carbocycles. The van der Waals surface area contributed by atoms with Crippen LogP contribution in [0.1, 0.15) is 11.1 Å². The van der Waals surface area contributed by atoms with Gasteiger partial charge in [0.2, 0.25) is 0 Å². The predicted octanol–water partition coefficient (Wildman–Crippen LogP) is 1.98. The van der Waals surface area contributed by atoms with Crippen molar-refractivity contribution in [2.24, 2.45) is 5.73 Å². The molecule has 1 aliphatic rings. The summed E-state index contributed by atoms with van der Waals surface area (Å²) in [4.78, 5) is 2.15. The lowest BCUT2D eigenvalue weighted by atomic mass is 10.1. The number of hydrogen-bond donors (Lipinski definition) is 1. The molecular weight excluding hydrogens is 394 g/mol. The van der Waals surface area contributed by atoms with E-state index in [4.69, 9.17) is 24.7 Å². The largest absolute Gasteiger partial charge is 0.489 e. The van der Waals surface area contributed by atoms with Gasteiger partial charge in [-0.15, -0.1) is 0 Å². The molecule has 7 nitrogen and oxygen atoms in total. The summed E-state index contributed by atoms with van der Waals surface area (Å²) < 4.78 is 24.9. The summed E-state index contributed by atoms with van der Waals surface area (Å²) in [5.41, 5.74) is 8.85. The van der Waals surface area contributed by atoms with E-state index in [9.17, 15) is 0 Å². The van der Waals surface area contributed by atoms with Crippen LogP contribution in [0.5, 0.6) is 5.75 Å². The van der Waals surface area contributed by atoms with E-state index in [-0.39, 0.29) is 0 Å². The molecule has 0 amide bonds. The highest BCUT2D eigenvalue weighted by Crippen LogP contribution is 2.29. The Hall–Kier alpha value is -2.45. The molecule has 168 valence electrons.